The topological polar surface area (TPSA) is 75.4 Å². The number of nitrogens with two attached hydrogens (primary N) is 1. The van der Waals surface area contributed by atoms with Crippen LogP contribution in [0.5, 0.6) is 0 Å². The molecule has 0 aliphatic carbocycles. The molecule has 2 amide bonds. The lowest BCUT2D eigenvalue weighted by molar-refractivity contribution is 0.0958. The predicted octanol–water partition coefficient (Wildman–Crippen LogP) is 2.03. The lowest BCUT2D eigenvalue weighted by atomic mass is 10.1. The van der Waals surface area contributed by atoms with E-state index < -0.39 is 5.91 Å². The highest BCUT2D eigenvalue weighted by molar-refractivity contribution is 7.12. The third-order valence-electron chi connectivity index (χ3n) is 4.09. The number of hydrogen-bond acceptors (Lipinski definition) is 4. The van der Waals surface area contributed by atoms with Crippen LogP contribution >= 0.6 is 11.3 Å². The Kier molecular flexibility index (Phi) is 4.34. The number of primary amides is 1. The number of para-hydroxylation sites is 1. The number of carbonyl (C=O) groups excluding carboxylic acids is 2. The first kappa shape index (κ1) is 15.6. The molecule has 0 fully saturated rings. The summed E-state index contributed by atoms with van der Waals surface area (Å²) in [5.41, 5.74) is 8.19. The van der Waals surface area contributed by atoms with Crippen LogP contribution in [-0.4, -0.2) is 30.9 Å². The summed E-state index contributed by atoms with van der Waals surface area (Å²) in [6.07, 6.45) is 1.04. The average Bonchev–Trinajstić information content (AvgIpc) is 3.12. The van der Waals surface area contributed by atoms with E-state index >= 15 is 0 Å². The fraction of sp³-hybridized carbons (Fsp3) is 0.294. The van der Waals surface area contributed by atoms with E-state index in [-0.39, 0.29) is 5.91 Å². The van der Waals surface area contributed by atoms with Crippen LogP contribution in [0.2, 0.25) is 0 Å². The minimum atomic E-state index is -0.511. The number of hydrogen-bond donors (Lipinski definition) is 2. The van der Waals surface area contributed by atoms with Gasteiger partial charge in [-0.1, -0.05) is 18.2 Å². The van der Waals surface area contributed by atoms with Crippen LogP contribution in [0.25, 0.3) is 0 Å². The Labute approximate surface area is 139 Å². The third-order valence-corrected chi connectivity index (χ3v) is 5.02. The van der Waals surface area contributed by atoms with Crippen molar-refractivity contribution in [1.29, 1.82) is 0 Å². The van der Waals surface area contributed by atoms with Gasteiger partial charge < -0.3 is 16.0 Å². The second-order valence-corrected chi connectivity index (χ2v) is 6.61. The maximum absolute atomic E-state index is 12.1. The van der Waals surface area contributed by atoms with Crippen molar-refractivity contribution in [2.75, 3.05) is 18.0 Å². The molecule has 23 heavy (non-hydrogen) atoms. The summed E-state index contributed by atoms with van der Waals surface area (Å²) >= 11 is 1.23. The lowest BCUT2D eigenvalue weighted by Crippen LogP contribution is -2.37. The molecule has 1 atom stereocenters. The van der Waals surface area contributed by atoms with E-state index in [4.69, 9.17) is 5.73 Å². The normalized spacial score (nSPS) is 16.2. The second-order valence-electron chi connectivity index (χ2n) is 5.70. The van der Waals surface area contributed by atoms with Gasteiger partial charge in [-0.05, 0) is 31.0 Å². The molecule has 5 nitrogen and oxygen atoms in total. The molecule has 1 unspecified atom stereocenters. The fourth-order valence-corrected chi connectivity index (χ4v) is 3.74. The molecule has 1 aliphatic heterocycles. The summed E-state index contributed by atoms with van der Waals surface area (Å²) in [7, 11) is 0. The largest absolute Gasteiger partial charge is 0.367 e. The van der Waals surface area contributed by atoms with E-state index in [9.17, 15) is 9.59 Å². The highest BCUT2D eigenvalue weighted by Crippen LogP contribution is 2.31. The van der Waals surface area contributed by atoms with E-state index in [1.165, 1.54) is 28.7 Å². The van der Waals surface area contributed by atoms with Crippen LogP contribution < -0.4 is 16.0 Å². The predicted molar refractivity (Wildman–Crippen MR) is 92.1 cm³/mol. The number of nitrogens with one attached hydrogen (secondary N) is 1. The highest BCUT2D eigenvalue weighted by Gasteiger charge is 2.25. The molecule has 0 bridgehead atoms. The Morgan fingerprint density at radius 2 is 2.17 bits per heavy atom. The maximum atomic E-state index is 12.1. The zero-order valence-electron chi connectivity index (χ0n) is 12.9. The highest BCUT2D eigenvalue weighted by atomic mass is 32.1. The molecule has 0 spiro atoms. The molecule has 3 N–H and O–H groups in total. The number of fused-ring (bicyclic) bond motifs is 1. The van der Waals surface area contributed by atoms with Gasteiger partial charge >= 0.3 is 0 Å². The zero-order valence-corrected chi connectivity index (χ0v) is 13.7. The van der Waals surface area contributed by atoms with E-state index in [1.54, 1.807) is 5.38 Å². The number of amides is 2. The molecule has 2 aromatic rings. The Morgan fingerprint density at radius 3 is 2.91 bits per heavy atom. The van der Waals surface area contributed by atoms with Crippen LogP contribution in [0.15, 0.2) is 35.7 Å². The molecule has 1 aliphatic rings. The number of rotatable bonds is 5. The Hall–Kier alpha value is -2.34. The first-order chi connectivity index (χ1) is 11.1. The molecule has 0 radical (unpaired) electrons. The van der Waals surface area contributed by atoms with Gasteiger partial charge in [0.05, 0.1) is 10.4 Å². The molecule has 1 aromatic heterocycles. The van der Waals surface area contributed by atoms with Crippen molar-refractivity contribution in [2.45, 2.75) is 19.4 Å². The summed E-state index contributed by atoms with van der Waals surface area (Å²) in [5, 5.41) is 4.51. The number of benzene rings is 1. The summed E-state index contributed by atoms with van der Waals surface area (Å²) in [6, 6.07) is 10.4. The number of thiophene rings is 1. The van der Waals surface area contributed by atoms with Crippen LogP contribution in [0, 0.1) is 0 Å². The summed E-state index contributed by atoms with van der Waals surface area (Å²) in [5.74, 6) is -0.676. The van der Waals surface area contributed by atoms with Crippen molar-refractivity contribution in [3.05, 3.63) is 51.7 Å². The van der Waals surface area contributed by atoms with Gasteiger partial charge in [-0.15, -0.1) is 11.3 Å². The molecule has 2 heterocycles. The Balaban J connectivity index is 1.57. The quantitative estimate of drug-likeness (QED) is 0.881. The first-order valence-corrected chi connectivity index (χ1v) is 8.45. The number of anilines is 1. The van der Waals surface area contributed by atoms with Crippen molar-refractivity contribution in [3.8, 4) is 0 Å². The van der Waals surface area contributed by atoms with E-state index in [1.807, 2.05) is 6.07 Å². The molecule has 0 saturated heterocycles. The number of carbonyl (C=O) groups is 2. The first-order valence-electron chi connectivity index (χ1n) is 7.57. The third kappa shape index (κ3) is 3.22. The van der Waals surface area contributed by atoms with E-state index in [2.05, 4.69) is 35.3 Å². The smallest absolute Gasteiger partial charge is 0.261 e. The molecular formula is C17H19N3O2S. The minimum absolute atomic E-state index is 0.164. The van der Waals surface area contributed by atoms with Gasteiger partial charge in [-0.2, -0.15) is 0 Å². The Morgan fingerprint density at radius 1 is 1.39 bits per heavy atom. The Bertz CT molecular complexity index is 741. The van der Waals surface area contributed by atoms with Gasteiger partial charge in [0.15, 0.2) is 0 Å². The van der Waals surface area contributed by atoms with Gasteiger partial charge in [-0.3, -0.25) is 9.59 Å². The zero-order chi connectivity index (χ0) is 16.4. The SMILES string of the molecule is CC1Cc2ccccc2N1CCNC(=O)c1cc(C(N)=O)cs1. The lowest BCUT2D eigenvalue weighted by Gasteiger charge is -2.24. The summed E-state index contributed by atoms with van der Waals surface area (Å²) < 4.78 is 0. The van der Waals surface area contributed by atoms with Crippen molar-refractivity contribution in [3.63, 3.8) is 0 Å². The van der Waals surface area contributed by atoms with Crippen LogP contribution in [0.3, 0.4) is 0 Å². The molecule has 120 valence electrons. The van der Waals surface area contributed by atoms with Crippen molar-refractivity contribution < 1.29 is 9.59 Å². The standard InChI is InChI=1S/C17H19N3O2S/c1-11-8-12-4-2-3-5-14(12)20(11)7-6-19-17(22)15-9-13(10-23-15)16(18)21/h2-5,9-11H,6-8H2,1H3,(H2,18,21)(H,19,22). The van der Waals surface area contributed by atoms with E-state index in [0.717, 1.165) is 13.0 Å². The monoisotopic (exact) mass is 329 g/mol. The van der Waals surface area contributed by atoms with Crippen LogP contribution in [-0.2, 0) is 6.42 Å². The average molecular weight is 329 g/mol. The van der Waals surface area contributed by atoms with E-state index in [0.29, 0.717) is 23.0 Å². The second kappa shape index (κ2) is 6.42. The number of nitrogens with zero attached hydrogens (tertiary/aromatic N) is 1. The van der Waals surface area contributed by atoms with Gasteiger partial charge in [0, 0.05) is 30.2 Å². The van der Waals surface area contributed by atoms with Gasteiger partial charge in [0.1, 0.15) is 0 Å². The van der Waals surface area contributed by atoms with Crippen molar-refractivity contribution in [1.82, 2.24) is 5.32 Å². The van der Waals surface area contributed by atoms with Gasteiger partial charge in [-0.25, -0.2) is 0 Å². The molecule has 6 heteroatoms. The minimum Gasteiger partial charge on any atom is -0.367 e. The summed E-state index contributed by atoms with van der Waals surface area (Å²) in [4.78, 5) is 26.0. The van der Waals surface area contributed by atoms with Gasteiger partial charge in [0.2, 0.25) is 5.91 Å². The molecule has 1 aromatic carbocycles. The molecule has 3 rings (SSSR count). The van der Waals surface area contributed by atoms with Crippen molar-refractivity contribution in [2.24, 2.45) is 5.73 Å². The fourth-order valence-electron chi connectivity index (χ4n) is 2.93. The van der Waals surface area contributed by atoms with Crippen molar-refractivity contribution >= 4 is 28.8 Å². The summed E-state index contributed by atoms with van der Waals surface area (Å²) in [6.45, 7) is 3.51. The molecular weight excluding hydrogens is 310 g/mol. The maximum Gasteiger partial charge on any atom is 0.261 e. The van der Waals surface area contributed by atoms with Crippen LogP contribution in [0.4, 0.5) is 5.69 Å². The van der Waals surface area contributed by atoms with Crippen LogP contribution in [0.1, 0.15) is 32.5 Å². The van der Waals surface area contributed by atoms with Gasteiger partial charge in [0.25, 0.3) is 5.91 Å². The molecule has 0 saturated carbocycles.